The Labute approximate surface area is 315 Å². The monoisotopic (exact) mass is 777 g/mol. The molecule has 6 aromatic rings. The van der Waals surface area contributed by atoms with Crippen LogP contribution in [0.2, 0.25) is 0 Å². The number of aromatic hydroxyl groups is 8. The molecule has 56 heavy (non-hydrogen) atoms. The second kappa shape index (κ2) is 12.6. The van der Waals surface area contributed by atoms with Gasteiger partial charge in [-0.25, -0.2) is 0 Å². The summed E-state index contributed by atoms with van der Waals surface area (Å²) in [6.07, 6.45) is 0.186. The van der Waals surface area contributed by atoms with E-state index in [0.29, 0.717) is 5.56 Å². The van der Waals surface area contributed by atoms with Gasteiger partial charge in [0.1, 0.15) is 5.75 Å². The van der Waals surface area contributed by atoms with Gasteiger partial charge in [0.15, 0.2) is 57.6 Å². The maximum Gasteiger partial charge on any atom is 0.446 e. The van der Waals surface area contributed by atoms with E-state index in [1.54, 1.807) is 16.7 Å². The van der Waals surface area contributed by atoms with E-state index < -0.39 is 68.0 Å². The molecule has 282 valence electrons. The van der Waals surface area contributed by atoms with Crippen LogP contribution in [-0.4, -0.2) is 70.0 Å². The maximum atomic E-state index is 14.8. The predicted octanol–water partition coefficient (Wildman–Crippen LogP) is 3.68. The Balaban J connectivity index is 1.64. The van der Waals surface area contributed by atoms with Gasteiger partial charge < -0.3 is 49.6 Å². The van der Waals surface area contributed by atoms with Gasteiger partial charge in [0.25, 0.3) is 0 Å². The molecule has 0 amide bonds. The van der Waals surface area contributed by atoms with Crippen LogP contribution in [0.15, 0.2) is 84.9 Å². The number of ketones is 2. The molecule has 0 fully saturated rings. The molecule has 0 saturated heterocycles. The van der Waals surface area contributed by atoms with Crippen molar-refractivity contribution in [1.82, 2.24) is 4.57 Å². The minimum absolute atomic E-state index is 0.00590. The quantitative estimate of drug-likeness (QED) is 0.0828. The van der Waals surface area contributed by atoms with E-state index in [9.17, 15) is 63.4 Å². The van der Waals surface area contributed by atoms with Crippen LogP contribution in [0.25, 0.3) is 33.4 Å². The molecular weight excluding hydrogens is 751 g/mol. The average Bonchev–Trinajstić information content (AvgIpc) is 3.46. The molecule has 9 N–H and O–H groups in total. The van der Waals surface area contributed by atoms with Crippen molar-refractivity contribution in [2.45, 2.75) is 13.0 Å². The van der Waals surface area contributed by atoms with Gasteiger partial charge in [0, 0.05) is 28.8 Å². The third kappa shape index (κ3) is 5.67. The van der Waals surface area contributed by atoms with Gasteiger partial charge in [-0.1, -0.05) is 24.3 Å². The van der Waals surface area contributed by atoms with Gasteiger partial charge >= 0.3 is 10.4 Å². The van der Waals surface area contributed by atoms with E-state index in [1.165, 1.54) is 24.3 Å². The Hall–Kier alpha value is -7.43. The zero-order chi connectivity index (χ0) is 40.0. The fraction of sp³-hybridized carbons (Fsp3) is 0.0500. The van der Waals surface area contributed by atoms with E-state index in [4.69, 9.17) is 0 Å². The van der Waals surface area contributed by atoms with Crippen molar-refractivity contribution >= 4 is 33.1 Å². The third-order valence-corrected chi connectivity index (χ3v) is 10.1. The topological polar surface area (TPSA) is 265 Å². The first kappa shape index (κ1) is 35.6. The van der Waals surface area contributed by atoms with Gasteiger partial charge in [-0.05, 0) is 94.9 Å². The average molecular weight is 778 g/mol. The number of nitrogens with zero attached hydrogens (tertiary/aromatic N) is 1. The second-order valence-corrected chi connectivity index (χ2v) is 14.1. The largest absolute Gasteiger partial charge is 0.508 e. The summed E-state index contributed by atoms with van der Waals surface area (Å²) in [5, 5.41) is 84.2. The van der Waals surface area contributed by atoms with Gasteiger partial charge in [0.2, 0.25) is 0 Å². The second-order valence-electron chi connectivity index (χ2n) is 13.1. The maximum absolute atomic E-state index is 14.8. The molecule has 0 spiro atoms. The molecule has 0 bridgehead atoms. The molecule has 8 rings (SSSR count). The van der Waals surface area contributed by atoms with E-state index in [-0.39, 0.29) is 85.1 Å². The molecule has 1 heterocycles. The number of aryl methyl sites for hydroxylation is 1. The lowest BCUT2D eigenvalue weighted by atomic mass is 9.79. The number of hydrogen-bond donors (Lipinski definition) is 9. The number of carbonyl (C=O) groups is 2. The van der Waals surface area contributed by atoms with Crippen molar-refractivity contribution in [2.24, 2.45) is 0 Å². The van der Waals surface area contributed by atoms with Crippen LogP contribution < -0.4 is 14.9 Å². The Morgan fingerprint density at radius 1 is 0.518 bits per heavy atom. The summed E-state index contributed by atoms with van der Waals surface area (Å²) < 4.78 is 39.6. The van der Waals surface area contributed by atoms with Crippen molar-refractivity contribution in [3.63, 3.8) is 0 Å². The number of fused-ring (bicyclic) bond motifs is 7. The molecule has 2 aliphatic carbocycles. The third-order valence-electron chi connectivity index (χ3n) is 9.72. The zero-order valence-electron chi connectivity index (χ0n) is 28.4. The van der Waals surface area contributed by atoms with Crippen molar-refractivity contribution in [2.75, 3.05) is 0 Å². The molecule has 0 atom stereocenters. The molecule has 15 nitrogen and oxygen atoms in total. The number of phenolic OH excluding ortho intramolecular Hbond substituents is 8. The Kier molecular flexibility index (Phi) is 7.99. The zero-order valence-corrected chi connectivity index (χ0v) is 29.2. The number of carbonyl (C=O) groups excluding carboxylic acids is 2. The van der Waals surface area contributed by atoms with Crippen LogP contribution in [0.5, 0.6) is 51.7 Å². The smallest absolute Gasteiger partial charge is 0.446 e. The number of rotatable bonds is 7. The van der Waals surface area contributed by atoms with E-state index in [0.717, 1.165) is 48.5 Å². The number of hydrogen-bond acceptors (Lipinski definition) is 13. The Morgan fingerprint density at radius 2 is 0.964 bits per heavy atom. The summed E-state index contributed by atoms with van der Waals surface area (Å²) in [6.45, 7) is -0.0364. The first-order valence-electron chi connectivity index (χ1n) is 16.6. The fourth-order valence-corrected chi connectivity index (χ4v) is 7.64. The van der Waals surface area contributed by atoms with Crippen molar-refractivity contribution < 1.29 is 67.6 Å². The minimum atomic E-state index is -5.23. The van der Waals surface area contributed by atoms with Crippen LogP contribution in [0.3, 0.4) is 0 Å². The lowest BCUT2D eigenvalue weighted by molar-refractivity contribution is 0.104. The van der Waals surface area contributed by atoms with E-state index in [2.05, 4.69) is 4.18 Å². The molecule has 1 aromatic heterocycles. The van der Waals surface area contributed by atoms with Crippen molar-refractivity contribution in [3.05, 3.63) is 123 Å². The number of phenols is 8. The van der Waals surface area contributed by atoms with Crippen LogP contribution in [-0.2, 0) is 23.4 Å². The summed E-state index contributed by atoms with van der Waals surface area (Å²) >= 11 is 0. The first-order chi connectivity index (χ1) is 26.5. The Bertz CT molecular complexity index is 2980. The molecule has 0 radical (unpaired) electrons. The van der Waals surface area contributed by atoms with Crippen LogP contribution >= 0.6 is 0 Å². The summed E-state index contributed by atoms with van der Waals surface area (Å²) in [4.78, 5) is 29.5. The number of Topliss-reactive ketones (excluding diaryl/α,β-unsaturated/α-hetero) is 2. The highest BCUT2D eigenvalue weighted by atomic mass is 32.3. The highest BCUT2D eigenvalue weighted by molar-refractivity contribution is 7.81. The highest BCUT2D eigenvalue weighted by Gasteiger charge is 2.38. The summed E-state index contributed by atoms with van der Waals surface area (Å²) in [6, 6.07) is 17.5. The van der Waals surface area contributed by atoms with Crippen LogP contribution in [0.4, 0.5) is 0 Å². The molecule has 5 aromatic carbocycles. The Morgan fingerprint density at radius 3 is 1.45 bits per heavy atom. The molecule has 16 heteroatoms. The summed E-state index contributed by atoms with van der Waals surface area (Å²) in [5.41, 5.74) is 0.388. The number of benzene rings is 5. The van der Waals surface area contributed by atoms with E-state index in [1.807, 2.05) is 0 Å². The van der Waals surface area contributed by atoms with Crippen molar-refractivity contribution in [3.8, 4) is 74.0 Å². The van der Waals surface area contributed by atoms with Gasteiger partial charge in [-0.2, -0.15) is 8.42 Å². The standard InChI is InChI=1S/C40H27NO14S/c42-20-5-1-17(2-6-20)9-10-41-37-33(18-3-7-25(43)27(45)11-18)39(50)23-14-30(48)29(47)13-21(23)35(37)36-22-16-32(55-56(52,53)54)31(49)15-24(22)40(51)34(38(36)41)19-4-8-26(44)28(46)12-19/h1-8,11-16,42-49H,9-10H2,(H,52,53,54). The molecule has 0 unspecified atom stereocenters. The number of aromatic nitrogens is 1. The normalized spacial score (nSPS) is 13.2. The first-order valence-corrected chi connectivity index (χ1v) is 17.9. The lowest BCUT2D eigenvalue weighted by Crippen LogP contribution is -2.36. The van der Waals surface area contributed by atoms with Gasteiger partial charge in [-0.3, -0.25) is 14.1 Å². The predicted molar refractivity (Wildman–Crippen MR) is 197 cm³/mol. The van der Waals surface area contributed by atoms with Gasteiger partial charge in [0.05, 0.1) is 21.8 Å². The van der Waals surface area contributed by atoms with Crippen molar-refractivity contribution in [1.29, 1.82) is 0 Å². The fourth-order valence-electron chi connectivity index (χ4n) is 7.28. The highest BCUT2D eigenvalue weighted by Crippen LogP contribution is 2.46. The van der Waals surface area contributed by atoms with Crippen LogP contribution in [0.1, 0.15) is 37.4 Å². The molecular formula is C40H27NO14S. The van der Waals surface area contributed by atoms with E-state index >= 15 is 0 Å². The van der Waals surface area contributed by atoms with Gasteiger partial charge in [-0.15, -0.1) is 0 Å². The summed E-state index contributed by atoms with van der Waals surface area (Å²) in [7, 11) is -5.23. The SMILES string of the molecule is O=C1C(c2ccc(O)c(O)c2)=c2c(c3c(n2CCc2ccc(O)cc2)=C(c2ccc(O)c(O)c2)C(=O)c2cc(O)c(OS(=O)(=O)O)cc2-3)-c2cc(O)c(O)cc21. The molecule has 2 aliphatic rings. The lowest BCUT2D eigenvalue weighted by Gasteiger charge is -2.22. The van der Waals surface area contributed by atoms with Crippen LogP contribution in [0, 0.1) is 0 Å². The summed E-state index contributed by atoms with van der Waals surface area (Å²) in [5.74, 6) is -6.66. The molecule has 0 saturated carbocycles. The molecule has 0 aliphatic heterocycles. The minimum Gasteiger partial charge on any atom is -0.508 e.